The van der Waals surface area contributed by atoms with Crippen molar-refractivity contribution < 1.29 is 9.31 Å². The Labute approximate surface area is 274 Å². The molecule has 7 aromatic rings. The van der Waals surface area contributed by atoms with Crippen LogP contribution in [0.5, 0.6) is 0 Å². The molecule has 5 aromatic carbocycles. The number of benzene rings is 5. The number of rotatable bonds is 5. The highest BCUT2D eigenvalue weighted by Crippen LogP contribution is 2.37. The lowest BCUT2D eigenvalue weighted by molar-refractivity contribution is 0.00578. The number of hydrogen-bond acceptors (Lipinski definition) is 6. The molecular weight excluding hydrogens is 579 g/mol. The zero-order valence-electron chi connectivity index (χ0n) is 26.8. The van der Waals surface area contributed by atoms with Crippen LogP contribution in [-0.4, -0.2) is 38.3 Å². The molecule has 2 aromatic heterocycles. The van der Waals surface area contributed by atoms with Gasteiger partial charge in [0, 0.05) is 28.5 Å². The largest absolute Gasteiger partial charge is 0.494 e. The molecule has 6 nitrogen and oxygen atoms in total. The van der Waals surface area contributed by atoms with Gasteiger partial charge in [0.1, 0.15) is 0 Å². The Kier molecular flexibility index (Phi) is 6.97. The fourth-order valence-electron chi connectivity index (χ4n) is 6.07. The Morgan fingerprint density at radius 2 is 0.979 bits per heavy atom. The number of nitrogens with zero attached hydrogens (tertiary/aromatic N) is 4. The van der Waals surface area contributed by atoms with Crippen molar-refractivity contribution in [3.05, 3.63) is 128 Å². The maximum atomic E-state index is 6.23. The first-order chi connectivity index (χ1) is 22.8. The second-order valence-corrected chi connectivity index (χ2v) is 13.0. The molecule has 0 aliphatic carbocycles. The van der Waals surface area contributed by atoms with Crippen LogP contribution in [0.3, 0.4) is 0 Å². The Bertz CT molecular complexity index is 2140. The van der Waals surface area contributed by atoms with Gasteiger partial charge in [0.15, 0.2) is 17.5 Å². The van der Waals surface area contributed by atoms with E-state index in [4.69, 9.17) is 29.2 Å². The number of fused-ring (bicyclic) bond motifs is 2. The first-order valence-corrected chi connectivity index (χ1v) is 15.9. The fraction of sp³-hybridized carbons (Fsp3) is 0.150. The predicted octanol–water partition coefficient (Wildman–Crippen LogP) is 8.54. The van der Waals surface area contributed by atoms with Crippen molar-refractivity contribution >= 4 is 34.1 Å². The van der Waals surface area contributed by atoms with Gasteiger partial charge in [-0.15, -0.1) is 0 Å². The van der Waals surface area contributed by atoms with Crippen molar-refractivity contribution in [2.75, 3.05) is 0 Å². The van der Waals surface area contributed by atoms with Gasteiger partial charge in [-0.05, 0) is 66.8 Å². The van der Waals surface area contributed by atoms with Crippen molar-refractivity contribution in [1.29, 1.82) is 0 Å². The normalized spacial score (nSPS) is 15.4. The summed E-state index contributed by atoms with van der Waals surface area (Å²) < 4.78 is 12.5. The highest BCUT2D eigenvalue weighted by atomic mass is 16.7. The summed E-state index contributed by atoms with van der Waals surface area (Å²) >= 11 is 0. The first-order valence-electron chi connectivity index (χ1n) is 15.9. The van der Waals surface area contributed by atoms with Crippen LogP contribution in [-0.2, 0) is 9.31 Å². The molecule has 1 saturated heterocycles. The quantitative estimate of drug-likeness (QED) is 0.182. The van der Waals surface area contributed by atoms with Crippen LogP contribution in [0, 0.1) is 0 Å². The second-order valence-electron chi connectivity index (χ2n) is 13.0. The van der Waals surface area contributed by atoms with Gasteiger partial charge in [0.05, 0.1) is 16.9 Å². The van der Waals surface area contributed by atoms with Crippen molar-refractivity contribution in [3.63, 3.8) is 0 Å². The van der Waals surface area contributed by atoms with Crippen molar-refractivity contribution in [2.24, 2.45) is 0 Å². The minimum atomic E-state index is -0.403. The molecule has 0 saturated carbocycles. The van der Waals surface area contributed by atoms with Crippen molar-refractivity contribution in [3.8, 4) is 45.4 Å². The van der Waals surface area contributed by atoms with Crippen LogP contribution >= 0.6 is 0 Å². The first kappa shape index (κ1) is 29.2. The molecule has 228 valence electrons. The molecule has 1 aliphatic rings. The topological polar surface area (TPSA) is 70.0 Å². The third-order valence-electron chi connectivity index (χ3n) is 9.45. The zero-order chi connectivity index (χ0) is 32.2. The zero-order valence-corrected chi connectivity index (χ0v) is 26.8. The van der Waals surface area contributed by atoms with Gasteiger partial charge in [-0.1, -0.05) is 109 Å². The summed E-state index contributed by atoms with van der Waals surface area (Å²) in [5, 5.41) is 4.45. The van der Waals surface area contributed by atoms with E-state index in [-0.39, 0.29) is 11.2 Å². The lowest BCUT2D eigenvalue weighted by Gasteiger charge is -2.32. The summed E-state index contributed by atoms with van der Waals surface area (Å²) in [7, 11) is -0.403. The molecule has 0 unspecified atom stereocenters. The van der Waals surface area contributed by atoms with E-state index in [1.54, 1.807) is 0 Å². The van der Waals surface area contributed by atoms with Gasteiger partial charge in [-0.2, -0.15) is 0 Å². The van der Waals surface area contributed by atoms with Crippen LogP contribution < -0.4 is 5.46 Å². The van der Waals surface area contributed by atoms with Gasteiger partial charge in [0.25, 0.3) is 0 Å². The fourth-order valence-corrected chi connectivity index (χ4v) is 6.07. The predicted molar refractivity (Wildman–Crippen MR) is 190 cm³/mol. The minimum absolute atomic E-state index is 0.385. The van der Waals surface area contributed by atoms with E-state index in [0.717, 1.165) is 55.0 Å². The molecule has 0 N–H and O–H groups in total. The Morgan fingerprint density at radius 1 is 0.489 bits per heavy atom. The summed E-state index contributed by atoms with van der Waals surface area (Å²) in [6, 6.07) is 41.3. The van der Waals surface area contributed by atoms with E-state index < -0.39 is 7.12 Å². The molecule has 0 amide bonds. The Balaban J connectivity index is 1.18. The van der Waals surface area contributed by atoms with Crippen LogP contribution in [0.25, 0.3) is 67.0 Å². The summed E-state index contributed by atoms with van der Waals surface area (Å²) in [4.78, 5) is 19.9. The van der Waals surface area contributed by atoms with Crippen LogP contribution in [0.15, 0.2) is 128 Å². The average molecular weight is 613 g/mol. The maximum absolute atomic E-state index is 6.23. The molecule has 0 radical (unpaired) electrons. The lowest BCUT2D eigenvalue weighted by atomic mass is 9.79. The highest BCUT2D eigenvalue weighted by Gasteiger charge is 2.51. The van der Waals surface area contributed by atoms with E-state index in [0.29, 0.717) is 17.5 Å². The third kappa shape index (κ3) is 5.27. The molecule has 8 rings (SSSR count). The number of pyridine rings is 1. The summed E-state index contributed by atoms with van der Waals surface area (Å²) in [5.74, 6) is 1.82. The van der Waals surface area contributed by atoms with Gasteiger partial charge < -0.3 is 9.31 Å². The Hall–Kier alpha value is -5.24. The molecule has 0 bridgehead atoms. The average Bonchev–Trinajstić information content (AvgIpc) is 3.33. The SMILES string of the molecule is CC1(C)OB(c2ccc(-c3ccc(-c4nc(-c5cccc6ccccc56)nc(-c5cccc6ccccc56)n4)cn3)cc2)OC1(C)C. The molecule has 3 heterocycles. The highest BCUT2D eigenvalue weighted by molar-refractivity contribution is 6.62. The van der Waals surface area contributed by atoms with Gasteiger partial charge >= 0.3 is 7.12 Å². The monoisotopic (exact) mass is 612 g/mol. The second kappa shape index (κ2) is 11.2. The number of hydrogen-bond donors (Lipinski definition) is 0. The lowest BCUT2D eigenvalue weighted by Crippen LogP contribution is -2.41. The molecule has 47 heavy (non-hydrogen) atoms. The van der Waals surface area contributed by atoms with E-state index in [1.165, 1.54) is 0 Å². The van der Waals surface area contributed by atoms with Crippen LogP contribution in [0.4, 0.5) is 0 Å². The van der Waals surface area contributed by atoms with E-state index in [2.05, 4.69) is 88.4 Å². The molecule has 1 fully saturated rings. The number of aromatic nitrogens is 4. The van der Waals surface area contributed by atoms with Crippen molar-refractivity contribution in [1.82, 2.24) is 19.9 Å². The molecular formula is C40H33BN4O2. The summed E-state index contributed by atoms with van der Waals surface area (Å²) in [5.41, 5.74) is 4.80. The van der Waals surface area contributed by atoms with E-state index >= 15 is 0 Å². The smallest absolute Gasteiger partial charge is 0.399 e. The minimum Gasteiger partial charge on any atom is -0.399 e. The third-order valence-corrected chi connectivity index (χ3v) is 9.45. The van der Waals surface area contributed by atoms with Gasteiger partial charge in [-0.25, -0.2) is 15.0 Å². The molecule has 1 aliphatic heterocycles. The standard InChI is InChI=1S/C40H33BN4O2/c1-39(2)40(3,4)47-41(46-39)30-22-19-28(20-23-30)35-24-21-29(25-42-35)36-43-37(33-17-9-13-26-11-5-7-15-31(26)33)45-38(44-36)34-18-10-14-27-12-6-8-16-32(27)34/h5-25H,1-4H3. The molecule has 7 heteroatoms. The molecule has 0 atom stereocenters. The molecule has 0 spiro atoms. The van der Waals surface area contributed by atoms with Gasteiger partial charge in [0.2, 0.25) is 0 Å². The van der Waals surface area contributed by atoms with Gasteiger partial charge in [-0.3, -0.25) is 4.98 Å². The maximum Gasteiger partial charge on any atom is 0.494 e. The van der Waals surface area contributed by atoms with Crippen molar-refractivity contribution in [2.45, 2.75) is 38.9 Å². The van der Waals surface area contributed by atoms with Crippen LogP contribution in [0.2, 0.25) is 0 Å². The summed E-state index contributed by atoms with van der Waals surface area (Å²) in [6.45, 7) is 8.26. The van der Waals surface area contributed by atoms with E-state index in [1.807, 2.05) is 66.9 Å². The van der Waals surface area contributed by atoms with E-state index in [9.17, 15) is 0 Å². The summed E-state index contributed by atoms with van der Waals surface area (Å²) in [6.07, 6.45) is 1.84. The Morgan fingerprint density at radius 3 is 1.51 bits per heavy atom. The van der Waals surface area contributed by atoms with Crippen LogP contribution in [0.1, 0.15) is 27.7 Å².